The van der Waals surface area contributed by atoms with Gasteiger partial charge in [0.05, 0.1) is 12.8 Å². The van der Waals surface area contributed by atoms with Crippen LogP contribution in [0.4, 0.5) is 0 Å². The van der Waals surface area contributed by atoms with Crippen LogP contribution >= 0.6 is 0 Å². The maximum absolute atomic E-state index is 12.4. The van der Waals surface area contributed by atoms with Crippen LogP contribution in [0.5, 0.6) is 5.75 Å². The average Bonchev–Trinajstić information content (AvgIpc) is 3.39. The molecule has 0 fully saturated rings. The highest BCUT2D eigenvalue weighted by atomic mass is 16.5. The average molecular weight is 375 g/mol. The minimum Gasteiger partial charge on any atom is -0.497 e. The van der Waals surface area contributed by atoms with Crippen LogP contribution in [0.15, 0.2) is 60.9 Å². The van der Waals surface area contributed by atoms with Crippen LogP contribution < -0.4 is 10.1 Å². The Bertz CT molecular complexity index is 1100. The molecule has 28 heavy (non-hydrogen) atoms. The molecule has 4 rings (SSSR count). The van der Waals surface area contributed by atoms with Crippen molar-refractivity contribution in [2.45, 2.75) is 13.0 Å². The second kappa shape index (κ2) is 7.96. The molecular weight excluding hydrogens is 354 g/mol. The lowest BCUT2D eigenvalue weighted by Gasteiger charge is -2.06. The maximum atomic E-state index is 12.4. The van der Waals surface area contributed by atoms with Gasteiger partial charge in [-0.05, 0) is 42.8 Å². The topological polar surface area (TPSA) is 84.8 Å². The fourth-order valence-corrected chi connectivity index (χ4v) is 3.12. The quantitative estimate of drug-likeness (QED) is 0.486. The molecule has 7 heteroatoms. The maximum Gasteiger partial charge on any atom is 0.269 e. The largest absolute Gasteiger partial charge is 0.497 e. The molecule has 1 aromatic carbocycles. The summed E-state index contributed by atoms with van der Waals surface area (Å²) in [5.74, 6) is 0.579. The van der Waals surface area contributed by atoms with Gasteiger partial charge in [-0.3, -0.25) is 9.89 Å². The van der Waals surface area contributed by atoms with Crippen molar-refractivity contribution in [3.8, 4) is 17.0 Å². The summed E-state index contributed by atoms with van der Waals surface area (Å²) in [5, 5.41) is 11.1. The van der Waals surface area contributed by atoms with Crippen molar-refractivity contribution < 1.29 is 9.53 Å². The number of benzene rings is 1. The molecule has 0 atom stereocenters. The van der Waals surface area contributed by atoms with Gasteiger partial charge in [-0.15, -0.1) is 0 Å². The lowest BCUT2D eigenvalue weighted by atomic mass is 10.1. The third-order valence-electron chi connectivity index (χ3n) is 4.57. The lowest BCUT2D eigenvalue weighted by molar-refractivity contribution is 0.0948. The fourth-order valence-electron chi connectivity index (χ4n) is 3.12. The molecule has 2 N–H and O–H groups in total. The van der Waals surface area contributed by atoms with Crippen LogP contribution in [0.2, 0.25) is 0 Å². The Kier molecular flexibility index (Phi) is 5.05. The smallest absolute Gasteiger partial charge is 0.269 e. The zero-order valence-corrected chi connectivity index (χ0v) is 15.6. The van der Waals surface area contributed by atoms with E-state index in [2.05, 4.69) is 25.1 Å². The van der Waals surface area contributed by atoms with E-state index in [0.717, 1.165) is 35.3 Å². The van der Waals surface area contributed by atoms with Gasteiger partial charge in [0.25, 0.3) is 5.91 Å². The molecule has 0 saturated carbocycles. The molecule has 0 radical (unpaired) electrons. The molecule has 3 aromatic heterocycles. The van der Waals surface area contributed by atoms with Crippen molar-refractivity contribution >= 4 is 16.9 Å². The number of aromatic amines is 1. The van der Waals surface area contributed by atoms with E-state index in [4.69, 9.17) is 4.74 Å². The van der Waals surface area contributed by atoms with Crippen molar-refractivity contribution in [3.63, 3.8) is 0 Å². The van der Waals surface area contributed by atoms with E-state index < -0.39 is 0 Å². The van der Waals surface area contributed by atoms with Gasteiger partial charge < -0.3 is 14.6 Å². The summed E-state index contributed by atoms with van der Waals surface area (Å²) >= 11 is 0. The van der Waals surface area contributed by atoms with Crippen molar-refractivity contribution in [2.75, 3.05) is 13.7 Å². The van der Waals surface area contributed by atoms with Crippen LogP contribution in [0.25, 0.3) is 22.3 Å². The number of nitrogens with one attached hydrogen (secondary N) is 2. The van der Waals surface area contributed by atoms with Crippen molar-refractivity contribution in [1.82, 2.24) is 25.1 Å². The van der Waals surface area contributed by atoms with Gasteiger partial charge in [0.2, 0.25) is 0 Å². The fraction of sp³-hybridized carbons (Fsp3) is 0.190. The molecule has 7 nitrogen and oxygen atoms in total. The van der Waals surface area contributed by atoms with Crippen molar-refractivity contribution in [1.29, 1.82) is 0 Å². The Labute approximate surface area is 162 Å². The molecule has 0 aliphatic rings. The Hall–Kier alpha value is -3.61. The summed E-state index contributed by atoms with van der Waals surface area (Å²) in [7, 11) is 1.62. The van der Waals surface area contributed by atoms with Gasteiger partial charge in [-0.1, -0.05) is 12.1 Å². The SMILES string of the molecule is COc1cccc(-c2cc(C(=O)NCCCn3ccc4cccnc43)[nH]n2)c1. The molecule has 1 amide bonds. The molecule has 3 heterocycles. The number of aromatic nitrogens is 4. The predicted molar refractivity (Wildman–Crippen MR) is 107 cm³/mol. The van der Waals surface area contributed by atoms with E-state index >= 15 is 0 Å². The van der Waals surface area contributed by atoms with Crippen molar-refractivity contribution in [3.05, 3.63) is 66.6 Å². The first-order chi connectivity index (χ1) is 13.7. The summed E-state index contributed by atoms with van der Waals surface area (Å²) in [6, 6.07) is 15.3. The minimum atomic E-state index is -0.169. The summed E-state index contributed by atoms with van der Waals surface area (Å²) in [6.45, 7) is 1.36. The number of methoxy groups -OCH3 is 1. The number of pyridine rings is 1. The standard InChI is InChI=1S/C21H21N5O2/c1-28-17-7-2-5-16(13-17)18-14-19(25-24-18)21(27)23-10-4-11-26-12-8-15-6-3-9-22-20(15)26/h2-3,5-9,12-14H,4,10-11H2,1H3,(H,23,27)(H,24,25). The van der Waals surface area contributed by atoms with E-state index in [1.165, 1.54) is 0 Å². The van der Waals surface area contributed by atoms with Crippen molar-refractivity contribution in [2.24, 2.45) is 0 Å². The lowest BCUT2D eigenvalue weighted by Crippen LogP contribution is -2.25. The Morgan fingerprint density at radius 3 is 3.04 bits per heavy atom. The van der Waals surface area contributed by atoms with Gasteiger partial charge in [0.15, 0.2) is 0 Å². The number of hydrogen-bond donors (Lipinski definition) is 2. The Morgan fingerprint density at radius 2 is 2.14 bits per heavy atom. The number of nitrogens with zero attached hydrogens (tertiary/aromatic N) is 3. The molecule has 4 aromatic rings. The number of hydrogen-bond acceptors (Lipinski definition) is 4. The van der Waals surface area contributed by atoms with Gasteiger partial charge in [0, 0.05) is 36.4 Å². The molecule has 0 saturated heterocycles. The van der Waals surface area contributed by atoms with E-state index in [9.17, 15) is 4.79 Å². The van der Waals surface area contributed by atoms with Crippen LogP contribution in [0.1, 0.15) is 16.9 Å². The molecule has 0 aliphatic carbocycles. The predicted octanol–water partition coefficient (Wildman–Crippen LogP) is 3.26. The first-order valence-corrected chi connectivity index (χ1v) is 9.12. The normalized spacial score (nSPS) is 10.9. The molecule has 0 bridgehead atoms. The first-order valence-electron chi connectivity index (χ1n) is 9.12. The van der Waals surface area contributed by atoms with Crippen LogP contribution in [0, 0.1) is 0 Å². The molecule has 0 spiro atoms. The number of fused-ring (bicyclic) bond motifs is 1. The highest BCUT2D eigenvalue weighted by molar-refractivity contribution is 5.93. The van der Waals surface area contributed by atoms with Crippen LogP contribution in [-0.4, -0.2) is 39.3 Å². The van der Waals surface area contributed by atoms with E-state index in [-0.39, 0.29) is 5.91 Å². The number of carbonyl (C=O) groups is 1. The van der Waals surface area contributed by atoms with Gasteiger partial charge in [-0.2, -0.15) is 5.10 Å². The number of amides is 1. The number of rotatable bonds is 7. The number of ether oxygens (including phenoxy) is 1. The molecule has 142 valence electrons. The Morgan fingerprint density at radius 1 is 1.21 bits per heavy atom. The summed E-state index contributed by atoms with van der Waals surface area (Å²) in [5.41, 5.74) is 2.99. The monoisotopic (exact) mass is 375 g/mol. The van der Waals surface area contributed by atoms with Crippen LogP contribution in [0.3, 0.4) is 0 Å². The summed E-state index contributed by atoms with van der Waals surface area (Å²) < 4.78 is 7.33. The molecule has 0 unspecified atom stereocenters. The third-order valence-corrected chi connectivity index (χ3v) is 4.57. The van der Waals surface area contributed by atoms with E-state index in [1.807, 2.05) is 48.7 Å². The summed E-state index contributed by atoms with van der Waals surface area (Å²) in [6.07, 6.45) is 4.62. The van der Waals surface area contributed by atoms with E-state index in [0.29, 0.717) is 17.9 Å². The highest BCUT2D eigenvalue weighted by Crippen LogP contribution is 2.22. The second-order valence-electron chi connectivity index (χ2n) is 6.43. The Balaban J connectivity index is 1.32. The third kappa shape index (κ3) is 3.73. The van der Waals surface area contributed by atoms with Gasteiger partial charge >= 0.3 is 0 Å². The molecule has 0 aliphatic heterocycles. The second-order valence-corrected chi connectivity index (χ2v) is 6.43. The minimum absolute atomic E-state index is 0.169. The van der Waals surface area contributed by atoms with E-state index in [1.54, 1.807) is 19.4 Å². The number of aryl methyl sites for hydroxylation is 1. The first kappa shape index (κ1) is 17.8. The number of carbonyl (C=O) groups excluding carboxylic acids is 1. The van der Waals surface area contributed by atoms with Gasteiger partial charge in [0.1, 0.15) is 17.1 Å². The summed E-state index contributed by atoms with van der Waals surface area (Å²) in [4.78, 5) is 16.8. The highest BCUT2D eigenvalue weighted by Gasteiger charge is 2.11. The number of H-pyrrole nitrogens is 1. The van der Waals surface area contributed by atoms with Crippen LogP contribution in [-0.2, 0) is 6.54 Å². The van der Waals surface area contributed by atoms with Gasteiger partial charge in [-0.25, -0.2) is 4.98 Å². The zero-order chi connectivity index (χ0) is 19.3. The zero-order valence-electron chi connectivity index (χ0n) is 15.6. The molecular formula is C21H21N5O2.